The minimum atomic E-state index is -0.530. The molecule has 0 radical (unpaired) electrons. The Morgan fingerprint density at radius 1 is 0.963 bits per heavy atom. The van der Waals surface area contributed by atoms with Crippen LogP contribution in [-0.4, -0.2) is 38.5 Å². The molecule has 1 N–H and O–H groups in total. The topological polar surface area (TPSA) is 90.9 Å². The highest BCUT2D eigenvalue weighted by Gasteiger charge is 2.16. The van der Waals surface area contributed by atoms with Gasteiger partial charge < -0.3 is 19.5 Å². The molecular formula is C20H21NO6. The van der Waals surface area contributed by atoms with E-state index in [0.29, 0.717) is 22.7 Å². The van der Waals surface area contributed by atoms with Crippen LogP contribution in [0.25, 0.3) is 0 Å². The first kappa shape index (κ1) is 20.0. The molecule has 0 atom stereocenters. The molecule has 7 nitrogen and oxygen atoms in total. The fourth-order valence-electron chi connectivity index (χ4n) is 2.38. The number of esters is 1. The molecule has 0 heterocycles. The third-order valence-corrected chi connectivity index (χ3v) is 3.69. The molecule has 0 unspecified atom stereocenters. The van der Waals surface area contributed by atoms with Gasteiger partial charge in [-0.05, 0) is 35.9 Å². The molecule has 0 aromatic heterocycles. The summed E-state index contributed by atoms with van der Waals surface area (Å²) in [5.41, 5.74) is 1.63. The van der Waals surface area contributed by atoms with Gasteiger partial charge >= 0.3 is 5.97 Å². The van der Waals surface area contributed by atoms with Gasteiger partial charge in [0.15, 0.2) is 6.61 Å². The van der Waals surface area contributed by atoms with Crippen LogP contribution < -0.4 is 14.8 Å². The van der Waals surface area contributed by atoms with Crippen molar-refractivity contribution in [2.45, 2.75) is 13.3 Å². The molecular weight excluding hydrogens is 350 g/mol. The van der Waals surface area contributed by atoms with Crippen LogP contribution in [0.15, 0.2) is 42.5 Å². The number of anilines is 1. The Kier molecular flexibility index (Phi) is 6.93. The number of ether oxygens (including phenoxy) is 3. The summed E-state index contributed by atoms with van der Waals surface area (Å²) >= 11 is 0. The monoisotopic (exact) mass is 371 g/mol. The number of benzene rings is 2. The Morgan fingerprint density at radius 3 is 2.26 bits per heavy atom. The highest BCUT2D eigenvalue weighted by Crippen LogP contribution is 2.24. The van der Waals surface area contributed by atoms with Gasteiger partial charge in [-0.25, -0.2) is 0 Å². The van der Waals surface area contributed by atoms with Crippen LogP contribution in [0.4, 0.5) is 5.69 Å². The first-order valence-electron chi connectivity index (χ1n) is 8.20. The normalized spacial score (nSPS) is 10.0. The fourth-order valence-corrected chi connectivity index (χ4v) is 2.38. The predicted octanol–water partition coefficient (Wildman–Crippen LogP) is 2.63. The summed E-state index contributed by atoms with van der Waals surface area (Å²) in [4.78, 5) is 35.3. The third-order valence-electron chi connectivity index (χ3n) is 3.69. The minimum Gasteiger partial charge on any atom is -0.497 e. The first-order valence-corrected chi connectivity index (χ1v) is 8.20. The standard InChI is InChI=1S/C20H21NO6/c1-13(22)21-15-6-4-14(5-7-15)10-20(24)27-12-18(23)17-11-16(25-2)8-9-19(17)26-3/h4-9,11H,10,12H2,1-3H3,(H,21,22). The molecule has 7 heteroatoms. The average Bonchev–Trinajstić information content (AvgIpc) is 2.66. The zero-order valence-electron chi connectivity index (χ0n) is 15.4. The van der Waals surface area contributed by atoms with E-state index in [1.165, 1.54) is 27.2 Å². The van der Waals surface area contributed by atoms with Crippen molar-refractivity contribution >= 4 is 23.3 Å². The Labute approximate surface area is 157 Å². The smallest absolute Gasteiger partial charge is 0.310 e. The lowest BCUT2D eigenvalue weighted by Crippen LogP contribution is -2.16. The molecule has 0 fully saturated rings. The lowest BCUT2D eigenvalue weighted by Gasteiger charge is -2.10. The molecule has 0 aliphatic heterocycles. The number of carbonyl (C=O) groups excluding carboxylic acids is 3. The highest BCUT2D eigenvalue weighted by atomic mass is 16.5. The van der Waals surface area contributed by atoms with Crippen molar-refractivity contribution in [1.29, 1.82) is 0 Å². The number of rotatable bonds is 8. The van der Waals surface area contributed by atoms with Crippen LogP contribution in [0.5, 0.6) is 11.5 Å². The van der Waals surface area contributed by atoms with Crippen molar-refractivity contribution in [3.05, 3.63) is 53.6 Å². The summed E-state index contributed by atoms with van der Waals surface area (Å²) in [7, 11) is 2.95. The van der Waals surface area contributed by atoms with E-state index < -0.39 is 12.6 Å². The van der Waals surface area contributed by atoms with Crippen LogP contribution in [0.3, 0.4) is 0 Å². The molecule has 0 aliphatic rings. The van der Waals surface area contributed by atoms with E-state index >= 15 is 0 Å². The summed E-state index contributed by atoms with van der Waals surface area (Å²) in [5, 5.41) is 2.64. The van der Waals surface area contributed by atoms with Crippen molar-refractivity contribution in [3.63, 3.8) is 0 Å². The SMILES string of the molecule is COc1ccc(OC)c(C(=O)COC(=O)Cc2ccc(NC(C)=O)cc2)c1. The first-order chi connectivity index (χ1) is 12.9. The molecule has 27 heavy (non-hydrogen) atoms. The Bertz CT molecular complexity index is 829. The van der Waals surface area contributed by atoms with Gasteiger partial charge in [-0.15, -0.1) is 0 Å². The molecule has 2 rings (SSSR count). The number of Topliss-reactive ketones (excluding diaryl/α,β-unsaturated/α-hetero) is 1. The fraction of sp³-hybridized carbons (Fsp3) is 0.250. The van der Waals surface area contributed by atoms with Crippen molar-refractivity contribution in [2.24, 2.45) is 0 Å². The molecule has 1 amide bonds. The molecule has 2 aromatic carbocycles. The number of ketones is 1. The quantitative estimate of drug-likeness (QED) is 0.567. The molecule has 0 saturated carbocycles. The van der Waals surface area contributed by atoms with E-state index in [9.17, 15) is 14.4 Å². The number of nitrogens with one attached hydrogen (secondary N) is 1. The molecule has 0 spiro atoms. The average molecular weight is 371 g/mol. The van der Waals surface area contributed by atoms with Crippen molar-refractivity contribution in [3.8, 4) is 11.5 Å². The van der Waals surface area contributed by atoms with Gasteiger partial charge in [-0.2, -0.15) is 0 Å². The number of hydrogen-bond donors (Lipinski definition) is 1. The van der Waals surface area contributed by atoms with E-state index in [1.807, 2.05) is 0 Å². The van der Waals surface area contributed by atoms with E-state index in [1.54, 1.807) is 36.4 Å². The second-order valence-corrected chi connectivity index (χ2v) is 5.70. The van der Waals surface area contributed by atoms with Gasteiger partial charge in [0.05, 0.1) is 26.2 Å². The zero-order chi connectivity index (χ0) is 19.8. The maximum Gasteiger partial charge on any atom is 0.310 e. The van der Waals surface area contributed by atoms with Gasteiger partial charge in [0.25, 0.3) is 0 Å². The molecule has 0 saturated heterocycles. The molecule has 142 valence electrons. The predicted molar refractivity (Wildman–Crippen MR) is 99.3 cm³/mol. The highest BCUT2D eigenvalue weighted by molar-refractivity contribution is 6.00. The van der Waals surface area contributed by atoms with Gasteiger partial charge in [-0.3, -0.25) is 14.4 Å². The van der Waals surface area contributed by atoms with E-state index in [4.69, 9.17) is 14.2 Å². The Hall–Kier alpha value is -3.35. The van der Waals surface area contributed by atoms with E-state index in [0.717, 1.165) is 0 Å². The Balaban J connectivity index is 1.93. The number of carbonyl (C=O) groups is 3. The van der Waals surface area contributed by atoms with Crippen LogP contribution >= 0.6 is 0 Å². The zero-order valence-corrected chi connectivity index (χ0v) is 15.4. The summed E-state index contributed by atoms with van der Waals surface area (Å²) in [6.07, 6.45) is 0.0167. The number of amides is 1. The van der Waals surface area contributed by atoms with Gasteiger partial charge in [-0.1, -0.05) is 12.1 Å². The molecule has 2 aromatic rings. The largest absolute Gasteiger partial charge is 0.497 e. The van der Waals surface area contributed by atoms with Gasteiger partial charge in [0, 0.05) is 12.6 Å². The summed E-state index contributed by atoms with van der Waals surface area (Å²) in [5.74, 6) is -0.207. The molecule has 0 aliphatic carbocycles. The van der Waals surface area contributed by atoms with Crippen LogP contribution in [0.1, 0.15) is 22.8 Å². The number of methoxy groups -OCH3 is 2. The minimum absolute atomic E-state index is 0.0167. The van der Waals surface area contributed by atoms with Crippen molar-refractivity contribution in [2.75, 3.05) is 26.1 Å². The summed E-state index contributed by atoms with van der Waals surface area (Å²) in [6, 6.07) is 11.6. The van der Waals surface area contributed by atoms with Gasteiger partial charge in [0.1, 0.15) is 11.5 Å². The summed E-state index contributed by atoms with van der Waals surface area (Å²) < 4.78 is 15.3. The lowest BCUT2D eigenvalue weighted by atomic mass is 10.1. The maximum absolute atomic E-state index is 12.3. The van der Waals surface area contributed by atoms with E-state index in [2.05, 4.69) is 5.32 Å². The Morgan fingerprint density at radius 2 is 1.67 bits per heavy atom. The lowest BCUT2D eigenvalue weighted by molar-refractivity contribution is -0.141. The maximum atomic E-state index is 12.3. The van der Waals surface area contributed by atoms with Gasteiger partial charge in [0.2, 0.25) is 11.7 Å². The second kappa shape index (κ2) is 9.38. The van der Waals surface area contributed by atoms with Crippen LogP contribution in [0.2, 0.25) is 0 Å². The number of hydrogen-bond acceptors (Lipinski definition) is 6. The molecule has 0 bridgehead atoms. The van der Waals surface area contributed by atoms with Crippen molar-refractivity contribution < 1.29 is 28.6 Å². The second-order valence-electron chi connectivity index (χ2n) is 5.70. The third kappa shape index (κ3) is 5.85. The van der Waals surface area contributed by atoms with E-state index in [-0.39, 0.29) is 23.7 Å². The van der Waals surface area contributed by atoms with Crippen molar-refractivity contribution in [1.82, 2.24) is 0 Å². The van der Waals surface area contributed by atoms with Crippen LogP contribution in [0, 0.1) is 0 Å². The van der Waals surface area contributed by atoms with Crippen LogP contribution in [-0.2, 0) is 20.7 Å². The summed E-state index contributed by atoms with van der Waals surface area (Å²) in [6.45, 7) is 1.02.